The van der Waals surface area contributed by atoms with Gasteiger partial charge >= 0.3 is 0 Å². The molecule has 0 amide bonds. The van der Waals surface area contributed by atoms with Crippen molar-refractivity contribution in [3.63, 3.8) is 0 Å². The molecule has 0 N–H and O–H groups in total. The highest BCUT2D eigenvalue weighted by molar-refractivity contribution is 4.93. The van der Waals surface area contributed by atoms with Crippen LogP contribution >= 0.6 is 0 Å². The van der Waals surface area contributed by atoms with Gasteiger partial charge in [-0.2, -0.15) is 0 Å². The summed E-state index contributed by atoms with van der Waals surface area (Å²) in [5.74, 6) is 0.643. The van der Waals surface area contributed by atoms with Crippen LogP contribution in [0.15, 0.2) is 0 Å². The molecule has 2 unspecified atom stereocenters. The Kier molecular flexibility index (Phi) is 7.12. The molecule has 2 fully saturated rings. The molecule has 0 aromatic carbocycles. The van der Waals surface area contributed by atoms with E-state index < -0.39 is 0 Å². The fourth-order valence-electron chi connectivity index (χ4n) is 3.70. The van der Waals surface area contributed by atoms with Gasteiger partial charge in [0.05, 0.1) is 42.7 Å². The van der Waals surface area contributed by atoms with E-state index in [0.29, 0.717) is 37.4 Å². The molecule has 0 spiro atoms. The molecule has 4 heteroatoms. The molecule has 4 nitrogen and oxygen atoms in total. The van der Waals surface area contributed by atoms with Gasteiger partial charge in [-0.05, 0) is 79.1 Å². The van der Waals surface area contributed by atoms with E-state index in [4.69, 9.17) is 18.9 Å². The van der Waals surface area contributed by atoms with Gasteiger partial charge in [0.2, 0.25) is 0 Å². The maximum atomic E-state index is 6.41. The quantitative estimate of drug-likeness (QED) is 0.584. The van der Waals surface area contributed by atoms with Crippen LogP contribution in [0.3, 0.4) is 0 Å². The summed E-state index contributed by atoms with van der Waals surface area (Å²) in [5.41, 5.74) is -0.140. The van der Waals surface area contributed by atoms with Crippen LogP contribution in [0, 0.1) is 5.92 Å². The van der Waals surface area contributed by atoms with Crippen molar-refractivity contribution in [2.24, 2.45) is 5.92 Å². The first-order chi connectivity index (χ1) is 11.2. The van der Waals surface area contributed by atoms with Crippen molar-refractivity contribution in [1.29, 1.82) is 0 Å². The second kappa shape index (κ2) is 8.48. The van der Waals surface area contributed by atoms with Crippen LogP contribution in [0.5, 0.6) is 0 Å². The summed E-state index contributed by atoms with van der Waals surface area (Å²) in [6, 6.07) is 0. The van der Waals surface area contributed by atoms with Crippen LogP contribution in [0.2, 0.25) is 0 Å². The summed E-state index contributed by atoms with van der Waals surface area (Å²) in [6.45, 7) is 12.1. The lowest BCUT2D eigenvalue weighted by atomic mass is 9.93. The minimum Gasteiger partial charge on any atom is -0.381 e. The average molecular weight is 343 g/mol. The van der Waals surface area contributed by atoms with Gasteiger partial charge in [0, 0.05) is 7.11 Å². The van der Waals surface area contributed by atoms with Gasteiger partial charge in [-0.25, -0.2) is 0 Å². The SMILES string of the molecule is COC1CCC(OC(C)(C)CC2CC2OCCOC(C)(C)C)CC1. The second-order valence-corrected chi connectivity index (χ2v) is 9.08. The third kappa shape index (κ3) is 7.38. The Labute approximate surface area is 148 Å². The number of ether oxygens (including phenoxy) is 4. The largest absolute Gasteiger partial charge is 0.381 e. The minimum absolute atomic E-state index is 0.0603. The molecule has 0 heterocycles. The van der Waals surface area contributed by atoms with Crippen LogP contribution < -0.4 is 0 Å². The van der Waals surface area contributed by atoms with E-state index in [0.717, 1.165) is 32.1 Å². The summed E-state index contributed by atoms with van der Waals surface area (Å²) >= 11 is 0. The molecule has 2 aliphatic carbocycles. The Hall–Kier alpha value is -0.160. The van der Waals surface area contributed by atoms with E-state index in [1.54, 1.807) is 0 Å². The van der Waals surface area contributed by atoms with Crippen molar-refractivity contribution in [3.05, 3.63) is 0 Å². The van der Waals surface area contributed by atoms with Gasteiger partial charge in [-0.1, -0.05) is 0 Å². The predicted molar refractivity (Wildman–Crippen MR) is 96.4 cm³/mol. The Bertz CT molecular complexity index is 366. The van der Waals surface area contributed by atoms with E-state index in [2.05, 4.69) is 34.6 Å². The molecule has 0 bridgehead atoms. The number of rotatable bonds is 9. The third-order valence-electron chi connectivity index (χ3n) is 5.00. The summed E-state index contributed by atoms with van der Waals surface area (Å²) in [5, 5.41) is 0. The highest BCUT2D eigenvalue weighted by atomic mass is 16.5. The molecule has 2 atom stereocenters. The summed E-state index contributed by atoms with van der Waals surface area (Å²) in [4.78, 5) is 0. The molecule has 0 radical (unpaired) electrons. The molecule has 0 aromatic heterocycles. The van der Waals surface area contributed by atoms with Crippen molar-refractivity contribution in [3.8, 4) is 0 Å². The average Bonchev–Trinajstić information content (AvgIpc) is 3.20. The van der Waals surface area contributed by atoms with Crippen LogP contribution in [-0.4, -0.2) is 49.8 Å². The number of hydrogen-bond donors (Lipinski definition) is 0. The summed E-state index contributed by atoms with van der Waals surface area (Å²) in [6.07, 6.45) is 7.98. The first-order valence-electron chi connectivity index (χ1n) is 9.65. The van der Waals surface area contributed by atoms with Gasteiger partial charge in [0.1, 0.15) is 0 Å². The maximum absolute atomic E-state index is 6.41. The van der Waals surface area contributed by atoms with E-state index in [-0.39, 0.29) is 11.2 Å². The molecule has 0 aromatic rings. The van der Waals surface area contributed by atoms with Crippen molar-refractivity contribution in [2.75, 3.05) is 20.3 Å². The van der Waals surface area contributed by atoms with Crippen LogP contribution in [-0.2, 0) is 18.9 Å². The zero-order valence-electron chi connectivity index (χ0n) is 16.6. The Morgan fingerprint density at radius 3 is 2.08 bits per heavy atom. The topological polar surface area (TPSA) is 36.9 Å². The van der Waals surface area contributed by atoms with Gasteiger partial charge < -0.3 is 18.9 Å². The predicted octanol–water partition coefficient (Wildman–Crippen LogP) is 4.35. The normalized spacial score (nSPS) is 31.2. The fraction of sp³-hybridized carbons (Fsp3) is 1.00. The zero-order valence-corrected chi connectivity index (χ0v) is 16.6. The van der Waals surface area contributed by atoms with Gasteiger partial charge in [-0.15, -0.1) is 0 Å². The van der Waals surface area contributed by atoms with Gasteiger partial charge in [0.15, 0.2) is 0 Å². The lowest BCUT2D eigenvalue weighted by molar-refractivity contribution is -0.106. The molecule has 2 rings (SSSR count). The number of hydrogen-bond acceptors (Lipinski definition) is 4. The van der Waals surface area contributed by atoms with Crippen LogP contribution in [0.4, 0.5) is 0 Å². The first kappa shape index (κ1) is 20.2. The maximum Gasteiger partial charge on any atom is 0.0707 e. The van der Waals surface area contributed by atoms with E-state index in [1.165, 1.54) is 6.42 Å². The van der Waals surface area contributed by atoms with E-state index in [9.17, 15) is 0 Å². The van der Waals surface area contributed by atoms with Crippen LogP contribution in [0.1, 0.15) is 73.1 Å². The molecule has 0 saturated heterocycles. The Balaban J connectivity index is 1.59. The monoisotopic (exact) mass is 342 g/mol. The Morgan fingerprint density at radius 2 is 1.50 bits per heavy atom. The van der Waals surface area contributed by atoms with Gasteiger partial charge in [0.25, 0.3) is 0 Å². The summed E-state index contributed by atoms with van der Waals surface area (Å²) < 4.78 is 23.5. The minimum atomic E-state index is -0.0794. The van der Waals surface area contributed by atoms with E-state index in [1.807, 2.05) is 7.11 Å². The second-order valence-electron chi connectivity index (χ2n) is 9.08. The third-order valence-corrected chi connectivity index (χ3v) is 5.00. The summed E-state index contributed by atoms with van der Waals surface area (Å²) in [7, 11) is 1.82. The van der Waals surface area contributed by atoms with Crippen molar-refractivity contribution in [2.45, 2.75) is 103 Å². The molecule has 0 aliphatic heterocycles. The number of methoxy groups -OCH3 is 1. The molecular formula is C20H38O4. The van der Waals surface area contributed by atoms with Crippen LogP contribution in [0.25, 0.3) is 0 Å². The first-order valence-corrected chi connectivity index (χ1v) is 9.65. The fourth-order valence-corrected chi connectivity index (χ4v) is 3.70. The standard InChI is InChI=1S/C20H38O4/c1-19(2,3)23-12-11-22-18-13-15(18)14-20(4,5)24-17-9-7-16(21-6)8-10-17/h15-18H,7-14H2,1-6H3. The lowest BCUT2D eigenvalue weighted by Gasteiger charge is -2.35. The highest BCUT2D eigenvalue weighted by Gasteiger charge is 2.42. The Morgan fingerprint density at radius 1 is 0.875 bits per heavy atom. The van der Waals surface area contributed by atoms with Gasteiger partial charge in [-0.3, -0.25) is 0 Å². The molecule has 24 heavy (non-hydrogen) atoms. The molecule has 142 valence electrons. The molecular weight excluding hydrogens is 304 g/mol. The molecule has 2 saturated carbocycles. The molecule has 2 aliphatic rings. The van der Waals surface area contributed by atoms with Crippen molar-refractivity contribution >= 4 is 0 Å². The smallest absolute Gasteiger partial charge is 0.0707 e. The van der Waals surface area contributed by atoms with Crippen molar-refractivity contribution < 1.29 is 18.9 Å². The van der Waals surface area contributed by atoms with Crippen molar-refractivity contribution in [1.82, 2.24) is 0 Å². The van der Waals surface area contributed by atoms with E-state index >= 15 is 0 Å². The lowest BCUT2D eigenvalue weighted by Crippen LogP contribution is -2.35. The zero-order chi connectivity index (χ0) is 17.8. The highest BCUT2D eigenvalue weighted by Crippen LogP contribution is 2.42.